The SMILES string of the molecule is CC(=O)N[C@]1(C)CCNC1. The predicted molar refractivity (Wildman–Crippen MR) is 39.7 cm³/mol. The Hall–Kier alpha value is -0.570. The van der Waals surface area contributed by atoms with Crippen LogP contribution in [0.4, 0.5) is 0 Å². The van der Waals surface area contributed by atoms with Gasteiger partial charge in [0.2, 0.25) is 5.91 Å². The number of hydrogen-bond acceptors (Lipinski definition) is 2. The Labute approximate surface area is 61.2 Å². The molecular weight excluding hydrogens is 128 g/mol. The molecule has 58 valence electrons. The molecule has 0 aliphatic carbocycles. The van der Waals surface area contributed by atoms with Crippen molar-refractivity contribution in [1.29, 1.82) is 0 Å². The third-order valence-electron chi connectivity index (χ3n) is 1.85. The molecule has 2 N–H and O–H groups in total. The van der Waals surface area contributed by atoms with Gasteiger partial charge in [-0.05, 0) is 19.9 Å². The van der Waals surface area contributed by atoms with E-state index in [2.05, 4.69) is 17.6 Å². The molecule has 0 bridgehead atoms. The minimum absolute atomic E-state index is 0.00579. The first-order valence-electron chi connectivity index (χ1n) is 3.62. The van der Waals surface area contributed by atoms with Crippen molar-refractivity contribution in [3.8, 4) is 0 Å². The third-order valence-corrected chi connectivity index (χ3v) is 1.85. The molecule has 1 saturated heterocycles. The Morgan fingerprint density at radius 3 is 2.80 bits per heavy atom. The summed E-state index contributed by atoms with van der Waals surface area (Å²) in [6.45, 7) is 5.53. The number of nitrogens with one attached hydrogen (secondary N) is 2. The summed E-state index contributed by atoms with van der Waals surface area (Å²) in [5.41, 5.74) is 0.00579. The molecule has 0 spiro atoms. The summed E-state index contributed by atoms with van der Waals surface area (Å²) in [7, 11) is 0. The van der Waals surface area contributed by atoms with Crippen molar-refractivity contribution in [2.75, 3.05) is 13.1 Å². The van der Waals surface area contributed by atoms with E-state index >= 15 is 0 Å². The molecule has 3 nitrogen and oxygen atoms in total. The number of rotatable bonds is 1. The van der Waals surface area contributed by atoms with Crippen molar-refractivity contribution in [1.82, 2.24) is 10.6 Å². The molecule has 0 aromatic rings. The van der Waals surface area contributed by atoms with Crippen LogP contribution < -0.4 is 10.6 Å². The van der Waals surface area contributed by atoms with Crippen molar-refractivity contribution >= 4 is 5.91 Å². The second-order valence-corrected chi connectivity index (χ2v) is 3.17. The quantitative estimate of drug-likeness (QED) is 0.535. The first-order chi connectivity index (χ1) is 4.62. The largest absolute Gasteiger partial charge is 0.350 e. The lowest BCUT2D eigenvalue weighted by Gasteiger charge is -2.23. The molecule has 1 amide bonds. The van der Waals surface area contributed by atoms with Crippen LogP contribution in [0.3, 0.4) is 0 Å². The predicted octanol–water partition coefficient (Wildman–Crippen LogP) is -0.125. The molecule has 3 heteroatoms. The van der Waals surface area contributed by atoms with Crippen LogP contribution in [0.1, 0.15) is 20.3 Å². The van der Waals surface area contributed by atoms with Gasteiger partial charge in [0.25, 0.3) is 0 Å². The Morgan fingerprint density at radius 1 is 1.70 bits per heavy atom. The topological polar surface area (TPSA) is 41.1 Å². The summed E-state index contributed by atoms with van der Waals surface area (Å²) in [4.78, 5) is 10.7. The lowest BCUT2D eigenvalue weighted by atomic mass is 10.0. The van der Waals surface area contributed by atoms with E-state index in [1.54, 1.807) is 6.92 Å². The molecule has 0 unspecified atom stereocenters. The maximum Gasteiger partial charge on any atom is 0.217 e. The normalized spacial score (nSPS) is 32.2. The van der Waals surface area contributed by atoms with Gasteiger partial charge >= 0.3 is 0 Å². The minimum atomic E-state index is 0.00579. The molecule has 1 fully saturated rings. The number of carbonyl (C=O) groups excluding carboxylic acids is 1. The second-order valence-electron chi connectivity index (χ2n) is 3.17. The van der Waals surface area contributed by atoms with Crippen LogP contribution in [0.25, 0.3) is 0 Å². The fourth-order valence-electron chi connectivity index (χ4n) is 1.35. The first-order valence-corrected chi connectivity index (χ1v) is 3.62. The highest BCUT2D eigenvalue weighted by Crippen LogP contribution is 2.12. The van der Waals surface area contributed by atoms with Crippen molar-refractivity contribution in [3.63, 3.8) is 0 Å². The highest BCUT2D eigenvalue weighted by molar-refractivity contribution is 5.73. The van der Waals surface area contributed by atoms with E-state index < -0.39 is 0 Å². The van der Waals surface area contributed by atoms with Gasteiger partial charge in [-0.15, -0.1) is 0 Å². The molecule has 10 heavy (non-hydrogen) atoms. The Kier molecular flexibility index (Phi) is 1.94. The van der Waals surface area contributed by atoms with Gasteiger partial charge in [0.15, 0.2) is 0 Å². The van der Waals surface area contributed by atoms with E-state index in [0.29, 0.717) is 0 Å². The van der Waals surface area contributed by atoms with Crippen LogP contribution in [-0.4, -0.2) is 24.5 Å². The van der Waals surface area contributed by atoms with E-state index in [0.717, 1.165) is 19.5 Å². The third kappa shape index (κ3) is 1.70. The summed E-state index contributed by atoms with van der Waals surface area (Å²) in [6.07, 6.45) is 1.03. The molecular formula is C7H14N2O. The minimum Gasteiger partial charge on any atom is -0.350 e. The molecule has 1 atom stereocenters. The van der Waals surface area contributed by atoms with Gasteiger partial charge in [-0.2, -0.15) is 0 Å². The fraction of sp³-hybridized carbons (Fsp3) is 0.857. The Balaban J connectivity index is 2.43. The first kappa shape index (κ1) is 7.54. The highest BCUT2D eigenvalue weighted by atomic mass is 16.1. The van der Waals surface area contributed by atoms with Crippen LogP contribution in [-0.2, 0) is 4.79 Å². The standard InChI is InChI=1S/C7H14N2O/c1-6(10)9-7(2)3-4-8-5-7/h8H,3-5H2,1-2H3,(H,9,10)/t7-/m1/s1. The van der Waals surface area contributed by atoms with E-state index in [-0.39, 0.29) is 11.4 Å². The zero-order chi connectivity index (χ0) is 7.61. The van der Waals surface area contributed by atoms with E-state index in [4.69, 9.17) is 0 Å². The van der Waals surface area contributed by atoms with Gasteiger partial charge in [0.1, 0.15) is 0 Å². The molecule has 0 aromatic carbocycles. The lowest BCUT2D eigenvalue weighted by molar-refractivity contribution is -0.120. The average molecular weight is 142 g/mol. The van der Waals surface area contributed by atoms with Crippen LogP contribution in [0, 0.1) is 0 Å². The van der Waals surface area contributed by atoms with Gasteiger partial charge < -0.3 is 10.6 Å². The number of carbonyl (C=O) groups is 1. The van der Waals surface area contributed by atoms with Crippen LogP contribution >= 0.6 is 0 Å². The molecule has 1 heterocycles. The molecule has 1 aliphatic heterocycles. The molecule has 0 saturated carbocycles. The lowest BCUT2D eigenvalue weighted by Crippen LogP contribution is -2.46. The van der Waals surface area contributed by atoms with Crippen molar-refractivity contribution < 1.29 is 4.79 Å². The van der Waals surface area contributed by atoms with Crippen LogP contribution in [0.15, 0.2) is 0 Å². The van der Waals surface area contributed by atoms with E-state index in [9.17, 15) is 4.79 Å². The maximum atomic E-state index is 10.7. The Morgan fingerprint density at radius 2 is 2.40 bits per heavy atom. The summed E-state index contributed by atoms with van der Waals surface area (Å²) < 4.78 is 0. The fourth-order valence-corrected chi connectivity index (χ4v) is 1.35. The summed E-state index contributed by atoms with van der Waals surface area (Å²) >= 11 is 0. The average Bonchev–Trinajstić information content (AvgIpc) is 2.12. The number of amides is 1. The van der Waals surface area contributed by atoms with Gasteiger partial charge in [-0.1, -0.05) is 0 Å². The second kappa shape index (κ2) is 2.58. The summed E-state index contributed by atoms with van der Waals surface area (Å²) in [6, 6.07) is 0. The molecule has 0 radical (unpaired) electrons. The van der Waals surface area contributed by atoms with Crippen molar-refractivity contribution in [2.24, 2.45) is 0 Å². The summed E-state index contributed by atoms with van der Waals surface area (Å²) in [5, 5.41) is 6.12. The number of hydrogen-bond donors (Lipinski definition) is 2. The highest BCUT2D eigenvalue weighted by Gasteiger charge is 2.28. The van der Waals surface area contributed by atoms with Crippen molar-refractivity contribution in [2.45, 2.75) is 25.8 Å². The summed E-state index contributed by atoms with van der Waals surface area (Å²) in [5.74, 6) is 0.0613. The van der Waals surface area contributed by atoms with Gasteiger partial charge in [0, 0.05) is 13.5 Å². The molecule has 1 rings (SSSR count). The van der Waals surface area contributed by atoms with Gasteiger partial charge in [-0.3, -0.25) is 4.79 Å². The molecule has 0 aromatic heterocycles. The molecule has 1 aliphatic rings. The van der Waals surface area contributed by atoms with Crippen LogP contribution in [0.5, 0.6) is 0 Å². The van der Waals surface area contributed by atoms with E-state index in [1.807, 2.05) is 0 Å². The zero-order valence-corrected chi connectivity index (χ0v) is 6.53. The van der Waals surface area contributed by atoms with Gasteiger partial charge in [0.05, 0.1) is 5.54 Å². The zero-order valence-electron chi connectivity index (χ0n) is 6.53. The van der Waals surface area contributed by atoms with Gasteiger partial charge in [-0.25, -0.2) is 0 Å². The van der Waals surface area contributed by atoms with Crippen molar-refractivity contribution in [3.05, 3.63) is 0 Å². The maximum absolute atomic E-state index is 10.7. The van der Waals surface area contributed by atoms with Crippen LogP contribution in [0.2, 0.25) is 0 Å². The monoisotopic (exact) mass is 142 g/mol. The van der Waals surface area contributed by atoms with E-state index in [1.165, 1.54) is 0 Å². The Bertz CT molecular complexity index is 139. The smallest absolute Gasteiger partial charge is 0.217 e.